The maximum Gasteiger partial charge on any atom is 0.460 e. The first-order valence-electron chi connectivity index (χ1n) is 8.31. The van der Waals surface area contributed by atoms with Gasteiger partial charge in [-0.1, -0.05) is 0 Å². The number of carboxylic acid groups (broad SMARTS) is 1. The molecule has 0 rings (SSSR count). The molecule has 1 unspecified atom stereocenters. The number of primary amides is 1. The van der Waals surface area contributed by atoms with Crippen molar-refractivity contribution >= 4 is 23.6 Å². The Kier molecular flexibility index (Phi) is 9.25. The number of thioether (sulfide) groups is 1. The molecule has 0 saturated carbocycles. The fraction of sp³-hybridized carbons (Fsp3) is 0.857. The number of carbonyl (C=O) groups excluding carboxylic acids is 1. The Bertz CT molecular complexity index is 826. The summed E-state index contributed by atoms with van der Waals surface area (Å²) in [7, 11) is 0. The van der Waals surface area contributed by atoms with E-state index < -0.39 is 83.4 Å². The highest BCUT2D eigenvalue weighted by Crippen LogP contribution is 2.64. The van der Waals surface area contributed by atoms with Gasteiger partial charge in [0.25, 0.3) is 0 Å². The zero-order valence-corrected chi connectivity index (χ0v) is 17.2. The summed E-state index contributed by atoms with van der Waals surface area (Å²) in [6.45, 7) is 0. The van der Waals surface area contributed by atoms with E-state index in [2.05, 4.69) is 5.73 Å². The first kappa shape index (κ1) is 34.1. The first-order chi connectivity index (χ1) is 15.5. The van der Waals surface area contributed by atoms with E-state index >= 15 is 0 Å². The quantitative estimate of drug-likeness (QED) is 0.278. The summed E-state index contributed by atoms with van der Waals surface area (Å²) in [4.78, 5) is 21.4. The van der Waals surface area contributed by atoms with E-state index in [0.29, 0.717) is 0 Å². The van der Waals surface area contributed by atoms with E-state index in [9.17, 15) is 84.2 Å². The van der Waals surface area contributed by atoms with Crippen LogP contribution in [0.5, 0.6) is 0 Å². The monoisotopic (exact) mass is 595 g/mol. The van der Waals surface area contributed by atoms with E-state index in [1.54, 1.807) is 0 Å². The van der Waals surface area contributed by atoms with Crippen LogP contribution in [-0.2, 0) is 9.59 Å². The van der Waals surface area contributed by atoms with E-state index in [4.69, 9.17) is 5.11 Å². The molecule has 3 N–H and O–H groups in total. The Morgan fingerprint density at radius 1 is 0.639 bits per heavy atom. The van der Waals surface area contributed by atoms with Crippen LogP contribution in [0.4, 0.5) is 74.6 Å². The lowest BCUT2D eigenvalue weighted by Crippen LogP contribution is -2.74. The van der Waals surface area contributed by atoms with Crippen molar-refractivity contribution in [3.63, 3.8) is 0 Å². The summed E-state index contributed by atoms with van der Waals surface area (Å²) >= 11 is -0.358. The van der Waals surface area contributed by atoms with Crippen LogP contribution in [0.15, 0.2) is 0 Å². The number of rotatable bonds is 13. The zero-order chi connectivity index (χ0) is 29.6. The lowest BCUT2D eigenvalue weighted by atomic mass is 9.88. The largest absolute Gasteiger partial charge is 0.481 e. The highest BCUT2D eigenvalue weighted by molar-refractivity contribution is 8.00. The van der Waals surface area contributed by atoms with Crippen LogP contribution in [0.1, 0.15) is 12.8 Å². The molecule has 0 aromatic heterocycles. The molecule has 0 heterocycles. The van der Waals surface area contributed by atoms with Gasteiger partial charge in [-0.25, -0.2) is 0 Å². The van der Waals surface area contributed by atoms with Gasteiger partial charge in [0.05, 0.1) is 11.7 Å². The molecule has 4 nitrogen and oxygen atoms in total. The van der Waals surface area contributed by atoms with Gasteiger partial charge in [-0.2, -0.15) is 74.6 Å². The van der Waals surface area contributed by atoms with Crippen LogP contribution >= 0.6 is 11.8 Å². The lowest BCUT2D eigenvalue weighted by molar-refractivity contribution is -0.461. The van der Waals surface area contributed by atoms with Gasteiger partial charge in [0.15, 0.2) is 0 Å². The third kappa shape index (κ3) is 5.36. The number of amides is 1. The van der Waals surface area contributed by atoms with Gasteiger partial charge in [-0.15, -0.1) is 11.8 Å². The molecule has 36 heavy (non-hydrogen) atoms. The average Bonchev–Trinajstić information content (AvgIpc) is 2.64. The molecule has 0 aromatic rings. The van der Waals surface area contributed by atoms with Crippen molar-refractivity contribution in [2.45, 2.75) is 65.7 Å². The third-order valence-electron chi connectivity index (χ3n) is 4.20. The van der Waals surface area contributed by atoms with Crippen LogP contribution < -0.4 is 5.73 Å². The summed E-state index contributed by atoms with van der Waals surface area (Å²) in [5.41, 5.74) is 4.63. The fourth-order valence-electron chi connectivity index (χ4n) is 2.08. The maximum absolute atomic E-state index is 13.7. The number of hydrogen-bond acceptors (Lipinski definition) is 3. The van der Waals surface area contributed by atoms with E-state index in [1.165, 1.54) is 0 Å². The number of aliphatic carboxylic acids is 1. The maximum atomic E-state index is 13.7. The Hall–Kier alpha value is -1.90. The van der Waals surface area contributed by atoms with Gasteiger partial charge >= 0.3 is 53.6 Å². The normalized spacial score (nSPS) is 16.1. The molecule has 0 radical (unpaired) electrons. The minimum absolute atomic E-state index is 0.358. The first-order valence-corrected chi connectivity index (χ1v) is 9.36. The third-order valence-corrected chi connectivity index (χ3v) is 5.44. The number of carboxylic acids is 1. The topological polar surface area (TPSA) is 80.4 Å². The highest BCUT2D eigenvalue weighted by Gasteiger charge is 2.95. The second-order valence-electron chi connectivity index (χ2n) is 6.76. The molecular formula is C14H10F17NO3S. The molecule has 0 fully saturated rings. The summed E-state index contributed by atoms with van der Waals surface area (Å²) < 4.78 is 223. The predicted molar refractivity (Wildman–Crippen MR) is 83.0 cm³/mol. The molecule has 0 aliphatic carbocycles. The SMILES string of the molecule is NC(=O)C(CC(=O)O)SCCC(F)(F)C(F)(F)C(F)(F)C(F)(F)C(F)(F)C(F)(F)C(F)(F)C(F)(F)F. The molecule has 0 aliphatic heterocycles. The summed E-state index contributed by atoms with van der Waals surface area (Å²) in [6.07, 6.45) is -11.9. The number of nitrogens with two attached hydrogens (primary N) is 1. The van der Waals surface area contributed by atoms with Crippen LogP contribution in [-0.4, -0.2) is 75.6 Å². The van der Waals surface area contributed by atoms with Crippen LogP contribution in [0.2, 0.25) is 0 Å². The Morgan fingerprint density at radius 2 is 0.972 bits per heavy atom. The van der Waals surface area contributed by atoms with Crippen molar-refractivity contribution in [1.82, 2.24) is 0 Å². The van der Waals surface area contributed by atoms with E-state index in [-0.39, 0.29) is 11.8 Å². The minimum Gasteiger partial charge on any atom is -0.481 e. The smallest absolute Gasteiger partial charge is 0.460 e. The highest BCUT2D eigenvalue weighted by atomic mass is 32.2. The lowest BCUT2D eigenvalue weighted by Gasteiger charge is -2.42. The Labute approximate surface area is 191 Å². The van der Waals surface area contributed by atoms with Crippen molar-refractivity contribution in [3.8, 4) is 0 Å². The van der Waals surface area contributed by atoms with Crippen molar-refractivity contribution in [1.29, 1.82) is 0 Å². The van der Waals surface area contributed by atoms with Gasteiger partial charge in [0, 0.05) is 12.2 Å². The van der Waals surface area contributed by atoms with Crippen LogP contribution in [0.25, 0.3) is 0 Å². The molecule has 0 spiro atoms. The van der Waals surface area contributed by atoms with Crippen molar-refractivity contribution < 1.29 is 89.3 Å². The summed E-state index contributed by atoms with van der Waals surface area (Å²) in [5, 5.41) is 6.43. The fourth-order valence-corrected chi connectivity index (χ4v) is 3.17. The predicted octanol–water partition coefficient (Wildman–Crippen LogP) is 5.45. The molecule has 1 atom stereocenters. The van der Waals surface area contributed by atoms with Crippen molar-refractivity contribution in [2.75, 3.05) is 5.75 Å². The van der Waals surface area contributed by atoms with Gasteiger partial charge in [0.2, 0.25) is 5.91 Å². The van der Waals surface area contributed by atoms with Gasteiger partial charge in [-0.3, -0.25) is 9.59 Å². The molecule has 22 heteroatoms. The van der Waals surface area contributed by atoms with Crippen molar-refractivity contribution in [3.05, 3.63) is 0 Å². The van der Waals surface area contributed by atoms with Gasteiger partial charge in [0.1, 0.15) is 0 Å². The molecule has 0 bridgehead atoms. The molecule has 0 aliphatic rings. The molecule has 0 aromatic carbocycles. The summed E-state index contributed by atoms with van der Waals surface area (Å²) in [6, 6.07) is 0. The standard InChI is InChI=1S/C14H10F17NO3S/c15-7(16,1-2-36-4(6(32)35)3-5(33)34)8(17,18)9(19,20)10(21,22)11(23,24)12(25,26)13(27,28)14(29,30)31/h4H,1-3H2,(H2,32,35)(H,33,34). The van der Waals surface area contributed by atoms with Crippen LogP contribution in [0, 0.1) is 0 Å². The Morgan fingerprint density at radius 3 is 1.28 bits per heavy atom. The molecule has 0 saturated heterocycles. The summed E-state index contributed by atoms with van der Waals surface area (Å²) in [5.74, 6) is -62.2. The second-order valence-corrected chi connectivity index (χ2v) is 8.07. The molecular weight excluding hydrogens is 585 g/mol. The van der Waals surface area contributed by atoms with Gasteiger partial charge in [-0.05, 0) is 0 Å². The minimum atomic E-state index is -8.71. The van der Waals surface area contributed by atoms with E-state index in [0.717, 1.165) is 0 Å². The second kappa shape index (κ2) is 9.76. The number of carbonyl (C=O) groups is 2. The van der Waals surface area contributed by atoms with Crippen molar-refractivity contribution in [2.24, 2.45) is 5.73 Å². The van der Waals surface area contributed by atoms with E-state index in [1.807, 2.05) is 0 Å². The number of halogens is 17. The number of alkyl halides is 17. The molecule has 1 amide bonds. The van der Waals surface area contributed by atoms with Crippen LogP contribution in [0.3, 0.4) is 0 Å². The zero-order valence-electron chi connectivity index (χ0n) is 16.4. The average molecular weight is 595 g/mol. The molecule has 214 valence electrons. The Balaban J connectivity index is 6.28. The van der Waals surface area contributed by atoms with Gasteiger partial charge < -0.3 is 10.8 Å². The number of hydrogen-bond donors (Lipinski definition) is 2.